The predicted molar refractivity (Wildman–Crippen MR) is 72.2 cm³/mol. The first kappa shape index (κ1) is 15.5. The Morgan fingerprint density at radius 2 is 1.78 bits per heavy atom. The van der Waals surface area contributed by atoms with Crippen LogP contribution in [0.4, 0.5) is 0 Å². The highest BCUT2D eigenvalue weighted by atomic mass is 16.5. The van der Waals surface area contributed by atoms with Crippen LogP contribution in [0, 0.1) is 17.3 Å². The van der Waals surface area contributed by atoms with E-state index in [1.54, 1.807) is 0 Å². The number of carbonyl (C=O) groups excluding carboxylic acids is 1. The minimum Gasteiger partial charge on any atom is -0.469 e. The van der Waals surface area contributed by atoms with Gasteiger partial charge in [0.1, 0.15) is 0 Å². The second-order valence-electron chi connectivity index (χ2n) is 6.87. The molecule has 1 aliphatic carbocycles. The molecule has 0 aliphatic heterocycles. The molecule has 1 fully saturated rings. The van der Waals surface area contributed by atoms with Crippen molar-refractivity contribution in [3.05, 3.63) is 0 Å². The van der Waals surface area contributed by atoms with Crippen LogP contribution in [0.3, 0.4) is 0 Å². The number of hydrogen-bond donors (Lipinski definition) is 1. The highest BCUT2D eigenvalue weighted by Gasteiger charge is 2.45. The summed E-state index contributed by atoms with van der Waals surface area (Å²) in [7, 11) is 1.40. The molecule has 1 N–H and O–H groups in total. The topological polar surface area (TPSA) is 46.5 Å². The predicted octanol–water partition coefficient (Wildman–Crippen LogP) is 3.15. The first-order valence-corrected chi connectivity index (χ1v) is 7.02. The lowest BCUT2D eigenvalue weighted by atomic mass is 9.74. The minimum absolute atomic E-state index is 0.101. The number of rotatable bonds is 3. The molecular weight excluding hydrogens is 228 g/mol. The Labute approximate surface area is 111 Å². The molecule has 106 valence electrons. The number of carbonyl (C=O) groups is 1. The fraction of sp³-hybridized carbons (Fsp3) is 0.933. The van der Waals surface area contributed by atoms with Gasteiger partial charge in [0.2, 0.25) is 0 Å². The van der Waals surface area contributed by atoms with Gasteiger partial charge < -0.3 is 9.84 Å². The van der Waals surface area contributed by atoms with Crippen molar-refractivity contribution in [2.24, 2.45) is 17.3 Å². The summed E-state index contributed by atoms with van der Waals surface area (Å²) in [6.07, 6.45) is 4.45. The SMILES string of the molecule is COC(=O)C(C(C)C)C1(O)CCCC(C)(C)CC1. The number of hydrogen-bond acceptors (Lipinski definition) is 3. The maximum absolute atomic E-state index is 11.9. The summed E-state index contributed by atoms with van der Waals surface area (Å²) in [6, 6.07) is 0. The van der Waals surface area contributed by atoms with Crippen LogP contribution in [0.15, 0.2) is 0 Å². The van der Waals surface area contributed by atoms with Crippen LogP contribution in [-0.2, 0) is 9.53 Å². The summed E-state index contributed by atoms with van der Waals surface area (Å²) in [5.41, 5.74) is -0.628. The molecule has 2 unspecified atom stereocenters. The monoisotopic (exact) mass is 256 g/mol. The Bertz CT molecular complexity index is 296. The zero-order chi connectivity index (χ0) is 14.0. The van der Waals surface area contributed by atoms with Gasteiger partial charge in [-0.1, -0.05) is 34.1 Å². The minimum atomic E-state index is -0.894. The fourth-order valence-electron chi connectivity index (χ4n) is 3.23. The van der Waals surface area contributed by atoms with Gasteiger partial charge in [0.15, 0.2) is 0 Å². The standard InChI is InChI=1S/C15H28O3/c1-11(2)12(13(16)18-5)15(17)8-6-7-14(3,4)9-10-15/h11-12,17H,6-10H2,1-5H3. The maximum Gasteiger partial charge on any atom is 0.311 e. The summed E-state index contributed by atoms with van der Waals surface area (Å²) in [5.74, 6) is -0.577. The first-order chi connectivity index (χ1) is 8.22. The van der Waals surface area contributed by atoms with E-state index in [9.17, 15) is 9.90 Å². The van der Waals surface area contributed by atoms with Crippen molar-refractivity contribution in [1.29, 1.82) is 0 Å². The van der Waals surface area contributed by atoms with Gasteiger partial charge in [-0.05, 0) is 37.0 Å². The average Bonchev–Trinajstić information content (AvgIpc) is 2.38. The molecule has 0 aromatic rings. The Kier molecular flexibility index (Phi) is 4.82. The van der Waals surface area contributed by atoms with Gasteiger partial charge in [-0.2, -0.15) is 0 Å². The van der Waals surface area contributed by atoms with Gasteiger partial charge in [0, 0.05) is 0 Å². The van der Waals surface area contributed by atoms with E-state index in [2.05, 4.69) is 13.8 Å². The molecule has 3 heteroatoms. The van der Waals surface area contributed by atoms with E-state index in [1.165, 1.54) is 7.11 Å². The molecule has 0 spiro atoms. The van der Waals surface area contributed by atoms with Crippen LogP contribution < -0.4 is 0 Å². The lowest BCUT2D eigenvalue weighted by Gasteiger charge is -2.36. The maximum atomic E-state index is 11.9. The summed E-state index contributed by atoms with van der Waals surface area (Å²) in [5, 5.41) is 10.9. The molecule has 0 aromatic carbocycles. The second kappa shape index (κ2) is 5.60. The zero-order valence-electron chi connectivity index (χ0n) is 12.5. The summed E-state index contributed by atoms with van der Waals surface area (Å²) >= 11 is 0. The van der Waals surface area contributed by atoms with Gasteiger partial charge in [-0.3, -0.25) is 4.79 Å². The Hall–Kier alpha value is -0.570. The second-order valence-corrected chi connectivity index (χ2v) is 6.87. The van der Waals surface area contributed by atoms with E-state index >= 15 is 0 Å². The van der Waals surface area contributed by atoms with Crippen molar-refractivity contribution in [1.82, 2.24) is 0 Å². The Morgan fingerprint density at radius 3 is 2.28 bits per heavy atom. The van der Waals surface area contributed by atoms with Crippen molar-refractivity contribution < 1.29 is 14.6 Å². The first-order valence-electron chi connectivity index (χ1n) is 7.02. The van der Waals surface area contributed by atoms with Crippen molar-refractivity contribution in [2.45, 2.75) is 65.4 Å². The van der Waals surface area contributed by atoms with E-state index in [-0.39, 0.29) is 17.3 Å². The third-order valence-electron chi connectivity index (χ3n) is 4.40. The van der Waals surface area contributed by atoms with Crippen LogP contribution in [0.5, 0.6) is 0 Å². The fourth-order valence-corrected chi connectivity index (χ4v) is 3.23. The molecule has 0 amide bonds. The van der Waals surface area contributed by atoms with Crippen LogP contribution in [0.1, 0.15) is 59.8 Å². The van der Waals surface area contributed by atoms with E-state index < -0.39 is 11.5 Å². The smallest absolute Gasteiger partial charge is 0.311 e. The third kappa shape index (κ3) is 3.47. The molecule has 0 saturated heterocycles. The summed E-state index contributed by atoms with van der Waals surface area (Å²) < 4.78 is 4.89. The van der Waals surface area contributed by atoms with Crippen LogP contribution in [0.25, 0.3) is 0 Å². The molecule has 1 aliphatic rings. The average molecular weight is 256 g/mol. The number of ether oxygens (including phenoxy) is 1. The highest BCUT2D eigenvalue weighted by Crippen LogP contribution is 2.43. The van der Waals surface area contributed by atoms with Crippen LogP contribution in [-0.4, -0.2) is 23.8 Å². The van der Waals surface area contributed by atoms with Gasteiger partial charge in [0.25, 0.3) is 0 Å². The van der Waals surface area contributed by atoms with E-state index in [0.29, 0.717) is 12.8 Å². The molecule has 18 heavy (non-hydrogen) atoms. The van der Waals surface area contributed by atoms with Gasteiger partial charge in [0.05, 0.1) is 18.6 Å². The molecule has 0 radical (unpaired) electrons. The highest BCUT2D eigenvalue weighted by molar-refractivity contribution is 5.74. The van der Waals surface area contributed by atoms with Gasteiger partial charge in [-0.25, -0.2) is 0 Å². The molecule has 0 heterocycles. The van der Waals surface area contributed by atoms with E-state index in [4.69, 9.17) is 4.74 Å². The number of esters is 1. The number of aliphatic hydroxyl groups is 1. The van der Waals surface area contributed by atoms with Crippen molar-refractivity contribution in [3.8, 4) is 0 Å². The Balaban J connectivity index is 2.92. The molecule has 1 saturated carbocycles. The van der Waals surface area contributed by atoms with Gasteiger partial charge >= 0.3 is 5.97 Å². The lowest BCUT2D eigenvalue weighted by Crippen LogP contribution is -2.45. The Morgan fingerprint density at radius 1 is 1.17 bits per heavy atom. The molecular formula is C15H28O3. The van der Waals surface area contributed by atoms with Crippen LogP contribution in [0.2, 0.25) is 0 Å². The number of methoxy groups -OCH3 is 1. The molecule has 2 atom stereocenters. The van der Waals surface area contributed by atoms with Crippen molar-refractivity contribution in [3.63, 3.8) is 0 Å². The normalized spacial score (nSPS) is 29.7. The molecule has 0 bridgehead atoms. The lowest BCUT2D eigenvalue weighted by molar-refractivity contribution is -0.160. The van der Waals surface area contributed by atoms with Crippen molar-refractivity contribution >= 4 is 5.97 Å². The zero-order valence-corrected chi connectivity index (χ0v) is 12.5. The molecule has 3 nitrogen and oxygen atoms in total. The molecule has 0 aromatic heterocycles. The van der Waals surface area contributed by atoms with Crippen molar-refractivity contribution in [2.75, 3.05) is 7.11 Å². The third-order valence-corrected chi connectivity index (χ3v) is 4.40. The molecule has 1 rings (SSSR count). The summed E-state index contributed by atoms with van der Waals surface area (Å²) in [6.45, 7) is 8.44. The quantitative estimate of drug-likeness (QED) is 0.623. The van der Waals surface area contributed by atoms with E-state index in [0.717, 1.165) is 19.3 Å². The van der Waals surface area contributed by atoms with Gasteiger partial charge in [-0.15, -0.1) is 0 Å². The van der Waals surface area contributed by atoms with Crippen LogP contribution >= 0.6 is 0 Å². The summed E-state index contributed by atoms with van der Waals surface area (Å²) in [4.78, 5) is 11.9. The largest absolute Gasteiger partial charge is 0.469 e. The van der Waals surface area contributed by atoms with E-state index in [1.807, 2.05) is 13.8 Å².